The molecule has 0 heterocycles. The first kappa shape index (κ1) is 12.5. The van der Waals surface area contributed by atoms with Gasteiger partial charge < -0.3 is 10.6 Å². The Balaban J connectivity index is 2.20. The van der Waals surface area contributed by atoms with Gasteiger partial charge in [0.05, 0.1) is 0 Å². The molecule has 0 spiro atoms. The SMILES string of the molecule is CCCNC(=O)CCNc1ccc(F)cc1. The lowest BCUT2D eigenvalue weighted by Crippen LogP contribution is -2.25. The number of hydrogen-bond acceptors (Lipinski definition) is 2. The van der Waals surface area contributed by atoms with Crippen molar-refractivity contribution in [2.75, 3.05) is 18.4 Å². The summed E-state index contributed by atoms with van der Waals surface area (Å²) in [6.45, 7) is 3.29. The van der Waals surface area contributed by atoms with Gasteiger partial charge >= 0.3 is 0 Å². The summed E-state index contributed by atoms with van der Waals surface area (Å²) in [6.07, 6.45) is 1.37. The molecule has 0 saturated heterocycles. The fraction of sp³-hybridized carbons (Fsp3) is 0.417. The minimum Gasteiger partial charge on any atom is -0.385 e. The second-order valence-corrected chi connectivity index (χ2v) is 3.53. The van der Waals surface area contributed by atoms with Crippen LogP contribution < -0.4 is 10.6 Å². The van der Waals surface area contributed by atoms with Gasteiger partial charge in [0.25, 0.3) is 0 Å². The topological polar surface area (TPSA) is 41.1 Å². The molecule has 0 aliphatic carbocycles. The number of amides is 1. The molecule has 1 aromatic rings. The van der Waals surface area contributed by atoms with Crippen molar-refractivity contribution >= 4 is 11.6 Å². The van der Waals surface area contributed by atoms with E-state index in [9.17, 15) is 9.18 Å². The van der Waals surface area contributed by atoms with E-state index in [4.69, 9.17) is 0 Å². The van der Waals surface area contributed by atoms with Crippen LogP contribution in [-0.2, 0) is 4.79 Å². The molecule has 0 bridgehead atoms. The lowest BCUT2D eigenvalue weighted by Gasteiger charge is -2.06. The van der Waals surface area contributed by atoms with E-state index in [1.165, 1.54) is 12.1 Å². The lowest BCUT2D eigenvalue weighted by molar-refractivity contribution is -0.120. The predicted molar refractivity (Wildman–Crippen MR) is 62.8 cm³/mol. The molecule has 3 nitrogen and oxygen atoms in total. The van der Waals surface area contributed by atoms with Crippen LogP contribution in [-0.4, -0.2) is 19.0 Å². The van der Waals surface area contributed by atoms with Crippen molar-refractivity contribution in [3.63, 3.8) is 0 Å². The molecule has 0 aliphatic heterocycles. The van der Waals surface area contributed by atoms with Crippen LogP contribution in [0.2, 0.25) is 0 Å². The Bertz CT molecular complexity index is 324. The third-order valence-electron chi connectivity index (χ3n) is 2.10. The Hall–Kier alpha value is -1.58. The Morgan fingerprint density at radius 1 is 1.25 bits per heavy atom. The van der Waals surface area contributed by atoms with Gasteiger partial charge in [0.2, 0.25) is 5.91 Å². The predicted octanol–water partition coefficient (Wildman–Crippen LogP) is 2.15. The molecule has 2 N–H and O–H groups in total. The summed E-state index contributed by atoms with van der Waals surface area (Å²) in [5.41, 5.74) is 0.824. The normalized spacial score (nSPS) is 9.88. The summed E-state index contributed by atoms with van der Waals surface area (Å²) in [5, 5.41) is 5.84. The second-order valence-electron chi connectivity index (χ2n) is 3.53. The van der Waals surface area contributed by atoms with Crippen LogP contribution in [0.3, 0.4) is 0 Å². The highest BCUT2D eigenvalue weighted by molar-refractivity contribution is 5.76. The van der Waals surface area contributed by atoms with Crippen LogP contribution in [0.25, 0.3) is 0 Å². The maximum absolute atomic E-state index is 12.6. The molecule has 4 heteroatoms. The van der Waals surface area contributed by atoms with E-state index in [1.807, 2.05) is 6.92 Å². The second kappa shape index (κ2) is 6.82. The maximum Gasteiger partial charge on any atom is 0.221 e. The van der Waals surface area contributed by atoms with Crippen LogP contribution in [0.15, 0.2) is 24.3 Å². The monoisotopic (exact) mass is 224 g/mol. The number of nitrogens with one attached hydrogen (secondary N) is 2. The van der Waals surface area contributed by atoms with E-state index in [1.54, 1.807) is 12.1 Å². The lowest BCUT2D eigenvalue weighted by atomic mass is 10.3. The third-order valence-corrected chi connectivity index (χ3v) is 2.10. The van der Waals surface area contributed by atoms with Gasteiger partial charge in [-0.3, -0.25) is 4.79 Å². The van der Waals surface area contributed by atoms with Gasteiger partial charge in [0.1, 0.15) is 5.82 Å². The fourth-order valence-corrected chi connectivity index (χ4v) is 1.24. The van der Waals surface area contributed by atoms with Crippen molar-refractivity contribution in [2.45, 2.75) is 19.8 Å². The molecular formula is C12H17FN2O. The first-order valence-electron chi connectivity index (χ1n) is 5.48. The van der Waals surface area contributed by atoms with Crippen LogP contribution >= 0.6 is 0 Å². The summed E-state index contributed by atoms with van der Waals surface area (Å²) >= 11 is 0. The van der Waals surface area contributed by atoms with Gasteiger partial charge in [-0.2, -0.15) is 0 Å². The zero-order chi connectivity index (χ0) is 11.8. The zero-order valence-corrected chi connectivity index (χ0v) is 9.42. The van der Waals surface area contributed by atoms with Gasteiger partial charge in [-0.05, 0) is 30.7 Å². The van der Waals surface area contributed by atoms with E-state index in [0.717, 1.165) is 18.7 Å². The summed E-state index contributed by atoms with van der Waals surface area (Å²) in [5.74, 6) is -0.220. The fourth-order valence-electron chi connectivity index (χ4n) is 1.24. The number of benzene rings is 1. The third kappa shape index (κ3) is 4.77. The van der Waals surface area contributed by atoms with Crippen molar-refractivity contribution in [3.05, 3.63) is 30.1 Å². The highest BCUT2D eigenvalue weighted by Crippen LogP contribution is 2.07. The van der Waals surface area contributed by atoms with Crippen molar-refractivity contribution in [2.24, 2.45) is 0 Å². The van der Waals surface area contributed by atoms with Gasteiger partial charge in [-0.15, -0.1) is 0 Å². The Kier molecular flexibility index (Phi) is 5.32. The van der Waals surface area contributed by atoms with E-state index < -0.39 is 0 Å². The molecule has 0 radical (unpaired) electrons. The molecule has 1 rings (SSSR count). The van der Waals surface area contributed by atoms with Crippen molar-refractivity contribution in [1.29, 1.82) is 0 Å². The first-order chi connectivity index (χ1) is 7.72. The minimum absolute atomic E-state index is 0.0384. The molecule has 0 unspecified atom stereocenters. The molecule has 0 atom stereocenters. The zero-order valence-electron chi connectivity index (χ0n) is 9.42. The largest absolute Gasteiger partial charge is 0.385 e. The Labute approximate surface area is 95.0 Å². The Morgan fingerprint density at radius 3 is 2.56 bits per heavy atom. The highest BCUT2D eigenvalue weighted by Gasteiger charge is 1.99. The number of carbonyl (C=O) groups is 1. The van der Waals surface area contributed by atoms with Gasteiger partial charge in [-0.1, -0.05) is 6.92 Å². The van der Waals surface area contributed by atoms with Gasteiger partial charge in [-0.25, -0.2) is 4.39 Å². The molecular weight excluding hydrogens is 207 g/mol. The van der Waals surface area contributed by atoms with Gasteiger partial charge in [0, 0.05) is 25.2 Å². The molecule has 0 aromatic heterocycles. The first-order valence-corrected chi connectivity index (χ1v) is 5.48. The smallest absolute Gasteiger partial charge is 0.221 e. The molecule has 1 amide bonds. The molecule has 0 aliphatic rings. The van der Waals surface area contributed by atoms with Crippen LogP contribution in [0.5, 0.6) is 0 Å². The van der Waals surface area contributed by atoms with Gasteiger partial charge in [0.15, 0.2) is 0 Å². The number of hydrogen-bond donors (Lipinski definition) is 2. The average molecular weight is 224 g/mol. The standard InChI is InChI=1S/C12H17FN2O/c1-2-8-15-12(16)7-9-14-11-5-3-10(13)4-6-11/h3-6,14H,2,7-9H2,1H3,(H,15,16). The number of anilines is 1. The maximum atomic E-state index is 12.6. The molecule has 88 valence electrons. The summed E-state index contributed by atoms with van der Waals surface area (Å²) in [4.78, 5) is 11.2. The summed E-state index contributed by atoms with van der Waals surface area (Å²) < 4.78 is 12.6. The van der Waals surface area contributed by atoms with E-state index >= 15 is 0 Å². The van der Waals surface area contributed by atoms with Crippen LogP contribution in [0, 0.1) is 5.82 Å². The Morgan fingerprint density at radius 2 is 1.94 bits per heavy atom. The average Bonchev–Trinajstić information content (AvgIpc) is 2.29. The number of carbonyl (C=O) groups excluding carboxylic acids is 1. The number of rotatable bonds is 6. The molecule has 16 heavy (non-hydrogen) atoms. The summed E-state index contributed by atoms with van der Waals surface area (Å²) in [6, 6.07) is 6.08. The molecule has 0 fully saturated rings. The summed E-state index contributed by atoms with van der Waals surface area (Å²) in [7, 11) is 0. The minimum atomic E-state index is -0.258. The number of halogens is 1. The van der Waals surface area contributed by atoms with E-state index in [-0.39, 0.29) is 11.7 Å². The van der Waals surface area contributed by atoms with Crippen LogP contribution in [0.4, 0.5) is 10.1 Å². The van der Waals surface area contributed by atoms with Crippen LogP contribution in [0.1, 0.15) is 19.8 Å². The molecule has 1 aromatic carbocycles. The van der Waals surface area contributed by atoms with Crippen molar-refractivity contribution in [3.8, 4) is 0 Å². The highest BCUT2D eigenvalue weighted by atomic mass is 19.1. The van der Waals surface area contributed by atoms with E-state index in [0.29, 0.717) is 13.0 Å². The molecule has 0 saturated carbocycles. The van der Waals surface area contributed by atoms with Crippen molar-refractivity contribution in [1.82, 2.24) is 5.32 Å². The van der Waals surface area contributed by atoms with Crippen molar-refractivity contribution < 1.29 is 9.18 Å². The van der Waals surface area contributed by atoms with E-state index in [2.05, 4.69) is 10.6 Å². The quantitative estimate of drug-likeness (QED) is 0.777.